The van der Waals surface area contributed by atoms with Crippen LogP contribution in [0.5, 0.6) is 0 Å². The zero-order valence-electron chi connectivity index (χ0n) is 8.65. The molecule has 1 N–H and O–H groups in total. The van der Waals surface area contributed by atoms with Crippen molar-refractivity contribution in [3.8, 4) is 0 Å². The Morgan fingerprint density at radius 1 is 1.57 bits per heavy atom. The Balaban J connectivity index is 1.92. The summed E-state index contributed by atoms with van der Waals surface area (Å²) in [6, 6.07) is 1.93. The quantitative estimate of drug-likeness (QED) is 0.802. The predicted octanol–water partition coefficient (Wildman–Crippen LogP) is 2.62. The zero-order valence-corrected chi connectivity index (χ0v) is 8.65. The maximum absolute atomic E-state index is 10.0. The zero-order chi connectivity index (χ0) is 9.97. The average molecular weight is 194 g/mol. The Kier molecular flexibility index (Phi) is 2.92. The molecular weight excluding hydrogens is 176 g/mol. The molecule has 1 aliphatic carbocycles. The highest BCUT2D eigenvalue weighted by Crippen LogP contribution is 2.34. The van der Waals surface area contributed by atoms with Gasteiger partial charge in [0.25, 0.3) is 0 Å². The van der Waals surface area contributed by atoms with Crippen LogP contribution in [0.3, 0.4) is 0 Å². The van der Waals surface area contributed by atoms with Gasteiger partial charge in [0.05, 0.1) is 18.6 Å². The second kappa shape index (κ2) is 4.18. The van der Waals surface area contributed by atoms with Gasteiger partial charge in [-0.1, -0.05) is 19.8 Å². The summed E-state index contributed by atoms with van der Waals surface area (Å²) in [5.74, 6) is 1.17. The van der Waals surface area contributed by atoms with Crippen LogP contribution >= 0.6 is 0 Å². The lowest BCUT2D eigenvalue weighted by molar-refractivity contribution is 0.0900. The standard InChI is InChI=1S/C12H18O2/c1-9-3-2-4-11(9)12(13)7-10-5-6-14-8-10/h5-6,8-9,11-13H,2-4,7H2,1H3. The monoisotopic (exact) mass is 194 g/mol. The first kappa shape index (κ1) is 9.78. The molecule has 1 saturated carbocycles. The Morgan fingerprint density at radius 3 is 3.00 bits per heavy atom. The van der Waals surface area contributed by atoms with Gasteiger partial charge in [-0.3, -0.25) is 0 Å². The second-order valence-electron chi connectivity index (χ2n) is 4.48. The Hall–Kier alpha value is -0.760. The maximum Gasteiger partial charge on any atom is 0.0935 e. The normalized spacial score (nSPS) is 29.3. The van der Waals surface area contributed by atoms with Gasteiger partial charge in [0.1, 0.15) is 0 Å². The smallest absolute Gasteiger partial charge is 0.0935 e. The highest BCUT2D eigenvalue weighted by Gasteiger charge is 2.29. The minimum Gasteiger partial charge on any atom is -0.472 e. The summed E-state index contributed by atoms with van der Waals surface area (Å²) < 4.78 is 4.99. The number of hydrogen-bond donors (Lipinski definition) is 1. The van der Waals surface area contributed by atoms with Gasteiger partial charge in [0.15, 0.2) is 0 Å². The Bertz CT molecular complexity index is 266. The minimum atomic E-state index is -0.190. The molecule has 1 aromatic heterocycles. The number of aliphatic hydroxyl groups is 1. The maximum atomic E-state index is 10.0. The molecule has 0 radical (unpaired) electrons. The Morgan fingerprint density at radius 2 is 2.43 bits per heavy atom. The highest BCUT2D eigenvalue weighted by atomic mass is 16.3. The Labute approximate surface area is 84.9 Å². The molecule has 3 atom stereocenters. The van der Waals surface area contributed by atoms with Crippen molar-refractivity contribution < 1.29 is 9.52 Å². The van der Waals surface area contributed by atoms with Gasteiger partial charge >= 0.3 is 0 Å². The molecule has 3 unspecified atom stereocenters. The third-order valence-corrected chi connectivity index (χ3v) is 3.45. The third kappa shape index (κ3) is 2.01. The van der Waals surface area contributed by atoms with Gasteiger partial charge < -0.3 is 9.52 Å². The summed E-state index contributed by atoms with van der Waals surface area (Å²) in [6.07, 6.45) is 7.67. The first-order chi connectivity index (χ1) is 6.77. The number of hydrogen-bond acceptors (Lipinski definition) is 2. The second-order valence-corrected chi connectivity index (χ2v) is 4.48. The van der Waals surface area contributed by atoms with Gasteiger partial charge in [0, 0.05) is 6.42 Å². The summed E-state index contributed by atoms with van der Waals surface area (Å²) in [5.41, 5.74) is 1.11. The van der Waals surface area contributed by atoms with E-state index in [1.54, 1.807) is 12.5 Å². The molecule has 0 aliphatic heterocycles. The third-order valence-electron chi connectivity index (χ3n) is 3.45. The summed E-state index contributed by atoms with van der Waals surface area (Å²) in [5, 5.41) is 10.0. The summed E-state index contributed by atoms with van der Waals surface area (Å²) in [7, 11) is 0. The topological polar surface area (TPSA) is 33.4 Å². The van der Waals surface area contributed by atoms with Crippen LogP contribution in [0.25, 0.3) is 0 Å². The van der Waals surface area contributed by atoms with Crippen LogP contribution in [0.1, 0.15) is 31.7 Å². The summed E-state index contributed by atoms with van der Waals surface area (Å²) in [6.45, 7) is 2.25. The van der Waals surface area contributed by atoms with E-state index in [1.807, 2.05) is 6.07 Å². The van der Waals surface area contributed by atoms with Crippen molar-refractivity contribution in [2.24, 2.45) is 11.8 Å². The van der Waals surface area contributed by atoms with Gasteiger partial charge in [-0.25, -0.2) is 0 Å². The van der Waals surface area contributed by atoms with Crippen LogP contribution in [-0.2, 0) is 6.42 Å². The molecular formula is C12H18O2. The molecule has 1 fully saturated rings. The molecule has 1 aromatic rings. The van der Waals surface area contributed by atoms with E-state index in [9.17, 15) is 5.11 Å². The van der Waals surface area contributed by atoms with E-state index < -0.39 is 0 Å². The average Bonchev–Trinajstić information content (AvgIpc) is 2.75. The van der Waals surface area contributed by atoms with E-state index in [0.717, 1.165) is 12.0 Å². The summed E-state index contributed by atoms with van der Waals surface area (Å²) >= 11 is 0. The van der Waals surface area contributed by atoms with Crippen molar-refractivity contribution in [2.45, 2.75) is 38.7 Å². The van der Waals surface area contributed by atoms with Crippen molar-refractivity contribution >= 4 is 0 Å². The van der Waals surface area contributed by atoms with Crippen molar-refractivity contribution in [3.63, 3.8) is 0 Å². The van der Waals surface area contributed by atoms with Crippen molar-refractivity contribution in [3.05, 3.63) is 24.2 Å². The van der Waals surface area contributed by atoms with Gasteiger partial charge in [-0.15, -0.1) is 0 Å². The van der Waals surface area contributed by atoms with E-state index in [4.69, 9.17) is 4.42 Å². The van der Waals surface area contributed by atoms with Crippen LogP contribution in [0.2, 0.25) is 0 Å². The fraction of sp³-hybridized carbons (Fsp3) is 0.667. The highest BCUT2D eigenvalue weighted by molar-refractivity contribution is 5.07. The molecule has 0 aromatic carbocycles. The van der Waals surface area contributed by atoms with Crippen molar-refractivity contribution in [2.75, 3.05) is 0 Å². The van der Waals surface area contributed by atoms with E-state index >= 15 is 0 Å². The van der Waals surface area contributed by atoms with E-state index in [2.05, 4.69) is 6.92 Å². The fourth-order valence-electron chi connectivity index (χ4n) is 2.55. The molecule has 2 rings (SSSR count). The lowest BCUT2D eigenvalue weighted by Crippen LogP contribution is -2.24. The molecule has 0 saturated heterocycles. The lowest BCUT2D eigenvalue weighted by atomic mass is 9.89. The molecule has 0 bridgehead atoms. The first-order valence-electron chi connectivity index (χ1n) is 5.46. The SMILES string of the molecule is CC1CCCC1C(O)Cc1ccoc1. The number of rotatable bonds is 3. The lowest BCUT2D eigenvalue weighted by Gasteiger charge is -2.21. The molecule has 14 heavy (non-hydrogen) atoms. The van der Waals surface area contributed by atoms with Crippen molar-refractivity contribution in [1.82, 2.24) is 0 Å². The van der Waals surface area contributed by atoms with E-state index in [0.29, 0.717) is 11.8 Å². The molecule has 2 nitrogen and oxygen atoms in total. The molecule has 0 spiro atoms. The molecule has 1 heterocycles. The van der Waals surface area contributed by atoms with Gasteiger partial charge in [-0.2, -0.15) is 0 Å². The van der Waals surface area contributed by atoms with Crippen molar-refractivity contribution in [1.29, 1.82) is 0 Å². The van der Waals surface area contributed by atoms with Gasteiger partial charge in [-0.05, 0) is 29.9 Å². The van der Waals surface area contributed by atoms with Crippen LogP contribution in [0, 0.1) is 11.8 Å². The van der Waals surface area contributed by atoms with E-state index in [-0.39, 0.29) is 6.10 Å². The number of aliphatic hydroxyl groups excluding tert-OH is 1. The number of furan rings is 1. The van der Waals surface area contributed by atoms with Crippen LogP contribution in [-0.4, -0.2) is 11.2 Å². The predicted molar refractivity (Wildman–Crippen MR) is 54.9 cm³/mol. The van der Waals surface area contributed by atoms with E-state index in [1.165, 1.54) is 19.3 Å². The summed E-state index contributed by atoms with van der Waals surface area (Å²) in [4.78, 5) is 0. The molecule has 0 amide bonds. The minimum absolute atomic E-state index is 0.190. The van der Waals surface area contributed by atoms with Crippen LogP contribution < -0.4 is 0 Å². The van der Waals surface area contributed by atoms with Crippen LogP contribution in [0.4, 0.5) is 0 Å². The fourth-order valence-corrected chi connectivity index (χ4v) is 2.55. The molecule has 78 valence electrons. The van der Waals surface area contributed by atoms with Crippen LogP contribution in [0.15, 0.2) is 23.0 Å². The molecule has 2 heteroatoms. The molecule has 1 aliphatic rings. The largest absolute Gasteiger partial charge is 0.472 e. The van der Waals surface area contributed by atoms with Gasteiger partial charge in [0.2, 0.25) is 0 Å². The first-order valence-corrected chi connectivity index (χ1v) is 5.46.